The van der Waals surface area contributed by atoms with Gasteiger partial charge in [-0.1, -0.05) is 54.6 Å². The average Bonchev–Trinajstić information content (AvgIpc) is 3.32. The molecule has 0 fully saturated rings. The summed E-state index contributed by atoms with van der Waals surface area (Å²) in [5.41, 5.74) is 10.4. The Morgan fingerprint density at radius 3 is 1.93 bits per heavy atom. The third-order valence-corrected chi connectivity index (χ3v) is 7.46. The first kappa shape index (κ1) is 22.4. The molecule has 0 spiro atoms. The molecule has 188 valence electrons. The van der Waals surface area contributed by atoms with Gasteiger partial charge < -0.3 is 4.90 Å². The van der Waals surface area contributed by atoms with Crippen LogP contribution in [-0.4, -0.2) is 19.5 Å². The molecule has 0 aliphatic carbocycles. The summed E-state index contributed by atoms with van der Waals surface area (Å²) >= 11 is 0. The van der Waals surface area contributed by atoms with Crippen LogP contribution in [0.3, 0.4) is 0 Å². The van der Waals surface area contributed by atoms with E-state index in [0.717, 1.165) is 56.2 Å². The Kier molecular flexibility index (Phi) is 5.07. The van der Waals surface area contributed by atoms with Crippen molar-refractivity contribution in [2.75, 3.05) is 4.90 Å². The van der Waals surface area contributed by atoms with Crippen molar-refractivity contribution in [2.24, 2.45) is 0 Å². The standard InChI is InChI=1S/C35H23N5/c1-3-13-31-24(8-1)16-17-25-9-2-4-14-32(25)39(31)27-20-18-26(19-21-27)34-38-30-12-7-23-37-35(30)40(34)33-15-5-11-29-28(33)10-6-22-36-29/h1-23H. The molecule has 0 atom stereocenters. The van der Waals surface area contributed by atoms with Crippen LogP contribution in [0.25, 0.3) is 51.3 Å². The number of aromatic nitrogens is 4. The molecule has 5 nitrogen and oxygen atoms in total. The monoisotopic (exact) mass is 513 g/mol. The van der Waals surface area contributed by atoms with Crippen LogP contribution in [0, 0.1) is 0 Å². The molecule has 4 heterocycles. The van der Waals surface area contributed by atoms with Crippen LogP contribution >= 0.6 is 0 Å². The lowest BCUT2D eigenvalue weighted by molar-refractivity contribution is 1.09. The maximum Gasteiger partial charge on any atom is 0.164 e. The van der Waals surface area contributed by atoms with Gasteiger partial charge in [-0.25, -0.2) is 9.97 Å². The number of para-hydroxylation sites is 2. The summed E-state index contributed by atoms with van der Waals surface area (Å²) in [5.74, 6) is 0.843. The topological polar surface area (TPSA) is 46.8 Å². The van der Waals surface area contributed by atoms with Crippen LogP contribution in [0.5, 0.6) is 0 Å². The van der Waals surface area contributed by atoms with Gasteiger partial charge in [0.25, 0.3) is 0 Å². The largest absolute Gasteiger partial charge is 0.309 e. The van der Waals surface area contributed by atoms with Gasteiger partial charge in [-0.15, -0.1) is 0 Å². The van der Waals surface area contributed by atoms with Gasteiger partial charge in [0.15, 0.2) is 5.65 Å². The zero-order chi connectivity index (χ0) is 26.5. The van der Waals surface area contributed by atoms with E-state index < -0.39 is 0 Å². The fourth-order valence-electron chi connectivity index (χ4n) is 5.63. The predicted octanol–water partition coefficient (Wildman–Crippen LogP) is 8.59. The highest BCUT2D eigenvalue weighted by Gasteiger charge is 2.21. The molecule has 5 heteroatoms. The Labute approximate surface area is 231 Å². The number of hydrogen-bond donors (Lipinski definition) is 0. The lowest BCUT2D eigenvalue weighted by Crippen LogP contribution is -2.11. The molecular weight excluding hydrogens is 490 g/mol. The molecule has 0 bridgehead atoms. The van der Waals surface area contributed by atoms with Crippen molar-refractivity contribution in [3.8, 4) is 17.1 Å². The Bertz CT molecular complexity index is 2020. The number of imidazole rings is 1. The Balaban J connectivity index is 1.30. The van der Waals surface area contributed by atoms with Gasteiger partial charge in [0, 0.05) is 29.0 Å². The minimum Gasteiger partial charge on any atom is -0.309 e. The minimum atomic E-state index is 0.819. The molecule has 1 aliphatic rings. The van der Waals surface area contributed by atoms with Gasteiger partial charge in [0.1, 0.15) is 11.3 Å². The zero-order valence-electron chi connectivity index (χ0n) is 21.5. The van der Waals surface area contributed by atoms with Gasteiger partial charge in [0.2, 0.25) is 0 Å². The molecule has 0 N–H and O–H groups in total. The van der Waals surface area contributed by atoms with E-state index in [2.05, 4.69) is 112 Å². The van der Waals surface area contributed by atoms with Crippen LogP contribution in [0.4, 0.5) is 17.1 Å². The van der Waals surface area contributed by atoms with Crippen LogP contribution in [0.2, 0.25) is 0 Å². The van der Waals surface area contributed by atoms with E-state index in [1.807, 2.05) is 42.7 Å². The smallest absolute Gasteiger partial charge is 0.164 e. The lowest BCUT2D eigenvalue weighted by atomic mass is 10.1. The van der Waals surface area contributed by atoms with E-state index in [0.29, 0.717) is 0 Å². The summed E-state index contributed by atoms with van der Waals surface area (Å²) < 4.78 is 2.15. The molecule has 4 aromatic carbocycles. The number of rotatable bonds is 3. The second kappa shape index (κ2) is 9.03. The summed E-state index contributed by atoms with van der Waals surface area (Å²) in [4.78, 5) is 16.7. The van der Waals surface area contributed by atoms with Gasteiger partial charge in [0.05, 0.1) is 22.6 Å². The van der Waals surface area contributed by atoms with E-state index in [1.165, 1.54) is 11.1 Å². The first-order valence-electron chi connectivity index (χ1n) is 13.3. The summed E-state index contributed by atoms with van der Waals surface area (Å²) in [7, 11) is 0. The second-order valence-corrected chi connectivity index (χ2v) is 9.80. The molecule has 7 aromatic rings. The fraction of sp³-hybridized carbons (Fsp3) is 0. The molecule has 0 saturated carbocycles. The molecule has 0 radical (unpaired) electrons. The van der Waals surface area contributed by atoms with Gasteiger partial charge in [-0.2, -0.15) is 0 Å². The van der Waals surface area contributed by atoms with Crippen LogP contribution in [0.15, 0.2) is 128 Å². The average molecular weight is 514 g/mol. The first-order valence-corrected chi connectivity index (χ1v) is 13.3. The van der Waals surface area contributed by atoms with E-state index in [-0.39, 0.29) is 0 Å². The SMILES string of the molecule is C1=Cc2ccccc2N(c2ccc(-c3nc4cccnc4n3-c3cccc4ncccc34)cc2)c2ccccc21. The van der Waals surface area contributed by atoms with Crippen molar-refractivity contribution < 1.29 is 0 Å². The number of fused-ring (bicyclic) bond motifs is 4. The minimum absolute atomic E-state index is 0.819. The molecule has 8 rings (SSSR count). The quantitative estimate of drug-likeness (QED) is 0.237. The Morgan fingerprint density at radius 2 is 1.15 bits per heavy atom. The van der Waals surface area contributed by atoms with E-state index >= 15 is 0 Å². The van der Waals surface area contributed by atoms with E-state index in [9.17, 15) is 0 Å². The van der Waals surface area contributed by atoms with Crippen molar-refractivity contribution in [1.29, 1.82) is 0 Å². The summed E-state index contributed by atoms with van der Waals surface area (Å²) in [6.45, 7) is 0. The molecule has 0 amide bonds. The zero-order valence-corrected chi connectivity index (χ0v) is 21.5. The third-order valence-electron chi connectivity index (χ3n) is 7.46. The predicted molar refractivity (Wildman–Crippen MR) is 163 cm³/mol. The van der Waals surface area contributed by atoms with Crippen LogP contribution < -0.4 is 4.90 Å². The maximum atomic E-state index is 5.05. The molecule has 0 saturated heterocycles. The van der Waals surface area contributed by atoms with E-state index in [4.69, 9.17) is 9.97 Å². The summed E-state index contributed by atoms with van der Waals surface area (Å²) in [6.07, 6.45) is 8.03. The number of nitrogens with zero attached hydrogens (tertiary/aromatic N) is 5. The normalized spacial score (nSPS) is 12.3. The van der Waals surface area contributed by atoms with Gasteiger partial charge in [-0.05, 0) is 83.9 Å². The van der Waals surface area contributed by atoms with E-state index in [1.54, 1.807) is 0 Å². The molecule has 3 aromatic heterocycles. The highest BCUT2D eigenvalue weighted by molar-refractivity contribution is 5.94. The van der Waals surface area contributed by atoms with Crippen LogP contribution in [-0.2, 0) is 0 Å². The number of pyridine rings is 2. The fourth-order valence-corrected chi connectivity index (χ4v) is 5.63. The highest BCUT2D eigenvalue weighted by atomic mass is 15.2. The summed E-state index contributed by atoms with van der Waals surface area (Å²) in [5, 5.41) is 1.05. The van der Waals surface area contributed by atoms with Crippen molar-refractivity contribution in [3.05, 3.63) is 139 Å². The first-order chi connectivity index (χ1) is 19.8. The van der Waals surface area contributed by atoms with Crippen molar-refractivity contribution in [2.45, 2.75) is 0 Å². The highest BCUT2D eigenvalue weighted by Crippen LogP contribution is 2.42. The van der Waals surface area contributed by atoms with Crippen molar-refractivity contribution in [3.63, 3.8) is 0 Å². The van der Waals surface area contributed by atoms with Gasteiger partial charge >= 0.3 is 0 Å². The summed E-state index contributed by atoms with van der Waals surface area (Å²) in [6, 6.07) is 39.9. The molecule has 1 aliphatic heterocycles. The lowest BCUT2D eigenvalue weighted by Gasteiger charge is -2.27. The third kappa shape index (κ3) is 3.52. The number of benzene rings is 4. The Hall–Kier alpha value is -5.55. The number of hydrogen-bond acceptors (Lipinski definition) is 4. The maximum absolute atomic E-state index is 5.05. The number of anilines is 3. The van der Waals surface area contributed by atoms with Gasteiger partial charge in [-0.3, -0.25) is 9.55 Å². The second-order valence-electron chi connectivity index (χ2n) is 9.80. The van der Waals surface area contributed by atoms with Crippen LogP contribution in [0.1, 0.15) is 11.1 Å². The molecule has 0 unspecified atom stereocenters. The molecule has 40 heavy (non-hydrogen) atoms. The molecular formula is C35H23N5. The Morgan fingerprint density at radius 1 is 0.500 bits per heavy atom. The van der Waals surface area contributed by atoms with Crippen molar-refractivity contribution >= 4 is 51.3 Å². The van der Waals surface area contributed by atoms with Crippen molar-refractivity contribution in [1.82, 2.24) is 19.5 Å².